The van der Waals surface area contributed by atoms with Crippen molar-refractivity contribution in [3.05, 3.63) is 59.2 Å². The minimum atomic E-state index is -0.824. The molecule has 0 bridgehead atoms. The van der Waals surface area contributed by atoms with Crippen LogP contribution in [0.3, 0.4) is 0 Å². The monoisotopic (exact) mass is 313 g/mol. The summed E-state index contributed by atoms with van der Waals surface area (Å²) < 4.78 is 27.8. The molecule has 2 aromatic rings. The molecule has 6 heteroatoms. The third-order valence-electron chi connectivity index (χ3n) is 3.80. The number of carbonyl (C=O) groups excluding carboxylic acids is 1. The lowest BCUT2D eigenvalue weighted by Gasteiger charge is -2.26. The highest BCUT2D eigenvalue weighted by molar-refractivity contribution is 5.94. The highest BCUT2D eigenvalue weighted by atomic mass is 19.1. The number of halogens is 2. The SMILES string of the molecule is N#Cc1cc(F)c(NCC2CC(=O)Nc3ccccc32)c(F)c1. The van der Waals surface area contributed by atoms with Gasteiger partial charge in [-0.3, -0.25) is 4.79 Å². The average Bonchev–Trinajstić information content (AvgIpc) is 2.53. The van der Waals surface area contributed by atoms with E-state index in [4.69, 9.17) is 5.26 Å². The van der Waals surface area contributed by atoms with Gasteiger partial charge in [0.05, 0.1) is 11.6 Å². The fraction of sp³-hybridized carbons (Fsp3) is 0.176. The molecule has 0 saturated carbocycles. The van der Waals surface area contributed by atoms with Crippen LogP contribution < -0.4 is 10.6 Å². The molecule has 4 nitrogen and oxygen atoms in total. The van der Waals surface area contributed by atoms with Gasteiger partial charge in [-0.1, -0.05) is 18.2 Å². The molecule has 0 spiro atoms. The highest BCUT2D eigenvalue weighted by Gasteiger charge is 2.25. The second-order valence-corrected chi connectivity index (χ2v) is 5.34. The van der Waals surface area contributed by atoms with Gasteiger partial charge in [0.15, 0.2) is 11.6 Å². The molecule has 1 heterocycles. The van der Waals surface area contributed by atoms with Crippen molar-refractivity contribution in [3.8, 4) is 6.07 Å². The van der Waals surface area contributed by atoms with E-state index in [2.05, 4.69) is 10.6 Å². The third-order valence-corrected chi connectivity index (χ3v) is 3.80. The lowest BCUT2D eigenvalue weighted by atomic mass is 9.90. The van der Waals surface area contributed by atoms with Gasteiger partial charge in [0.25, 0.3) is 0 Å². The Hall–Kier alpha value is -2.94. The quantitative estimate of drug-likeness (QED) is 0.913. The molecule has 0 radical (unpaired) electrons. The van der Waals surface area contributed by atoms with Crippen LogP contribution in [0.2, 0.25) is 0 Å². The second kappa shape index (κ2) is 6.05. The van der Waals surface area contributed by atoms with Gasteiger partial charge in [-0.25, -0.2) is 8.78 Å². The molecule has 1 amide bonds. The van der Waals surface area contributed by atoms with Crippen LogP contribution in [-0.2, 0) is 4.79 Å². The molecule has 23 heavy (non-hydrogen) atoms. The lowest BCUT2D eigenvalue weighted by molar-refractivity contribution is -0.116. The zero-order chi connectivity index (χ0) is 16.4. The predicted octanol–water partition coefficient (Wildman–Crippen LogP) is 3.37. The zero-order valence-corrected chi connectivity index (χ0v) is 12.1. The number of hydrogen-bond donors (Lipinski definition) is 2. The Morgan fingerprint density at radius 2 is 1.96 bits per heavy atom. The van der Waals surface area contributed by atoms with Crippen molar-refractivity contribution < 1.29 is 13.6 Å². The fourth-order valence-electron chi connectivity index (χ4n) is 2.72. The maximum Gasteiger partial charge on any atom is 0.225 e. The molecule has 116 valence electrons. The largest absolute Gasteiger partial charge is 0.380 e. The van der Waals surface area contributed by atoms with Gasteiger partial charge in [-0.15, -0.1) is 0 Å². The number of benzene rings is 2. The van der Waals surface area contributed by atoms with Crippen LogP contribution in [0, 0.1) is 23.0 Å². The second-order valence-electron chi connectivity index (χ2n) is 5.34. The number of nitrogens with one attached hydrogen (secondary N) is 2. The van der Waals surface area contributed by atoms with E-state index in [1.807, 2.05) is 18.2 Å². The zero-order valence-electron chi connectivity index (χ0n) is 12.1. The van der Waals surface area contributed by atoms with Gasteiger partial charge in [0, 0.05) is 24.6 Å². The maximum atomic E-state index is 13.9. The van der Waals surface area contributed by atoms with Crippen LogP contribution in [-0.4, -0.2) is 12.5 Å². The van der Waals surface area contributed by atoms with E-state index in [-0.39, 0.29) is 36.0 Å². The number of amides is 1. The van der Waals surface area contributed by atoms with E-state index in [1.165, 1.54) is 0 Å². The molecule has 0 aromatic heterocycles. The number of hydrogen-bond acceptors (Lipinski definition) is 3. The van der Waals surface area contributed by atoms with Crippen molar-refractivity contribution in [2.24, 2.45) is 0 Å². The van der Waals surface area contributed by atoms with E-state index >= 15 is 0 Å². The molecule has 0 saturated heterocycles. The summed E-state index contributed by atoms with van der Waals surface area (Å²) in [6, 6.07) is 11.0. The minimum absolute atomic E-state index is 0.0760. The number of rotatable bonds is 3. The first-order valence-corrected chi connectivity index (χ1v) is 7.10. The van der Waals surface area contributed by atoms with Gasteiger partial charge in [0.1, 0.15) is 5.69 Å². The summed E-state index contributed by atoms with van der Waals surface area (Å²) in [6.07, 6.45) is 0.240. The predicted molar refractivity (Wildman–Crippen MR) is 82.0 cm³/mol. The van der Waals surface area contributed by atoms with Crippen molar-refractivity contribution in [2.45, 2.75) is 12.3 Å². The van der Waals surface area contributed by atoms with E-state index in [1.54, 1.807) is 12.1 Å². The minimum Gasteiger partial charge on any atom is -0.380 e. The molecular formula is C17H13F2N3O. The standard InChI is InChI=1S/C17H13F2N3O/c18-13-5-10(8-20)6-14(19)17(13)21-9-11-7-16(23)22-15-4-2-1-3-12(11)15/h1-6,11,21H,7,9H2,(H,22,23). The summed E-state index contributed by atoms with van der Waals surface area (Å²) in [6.45, 7) is 0.212. The van der Waals surface area contributed by atoms with Gasteiger partial charge < -0.3 is 10.6 Å². The molecule has 1 aliphatic rings. The van der Waals surface area contributed by atoms with Crippen molar-refractivity contribution in [1.29, 1.82) is 5.26 Å². The van der Waals surface area contributed by atoms with E-state index in [0.717, 1.165) is 23.4 Å². The van der Waals surface area contributed by atoms with Crippen LogP contribution in [0.4, 0.5) is 20.2 Å². The number of para-hydroxylation sites is 1. The van der Waals surface area contributed by atoms with E-state index in [0.29, 0.717) is 0 Å². The van der Waals surface area contributed by atoms with Gasteiger partial charge in [-0.2, -0.15) is 5.26 Å². The van der Waals surface area contributed by atoms with Crippen LogP contribution in [0.1, 0.15) is 23.5 Å². The molecule has 2 N–H and O–H groups in total. The third kappa shape index (κ3) is 2.99. The summed E-state index contributed by atoms with van der Waals surface area (Å²) in [7, 11) is 0. The van der Waals surface area contributed by atoms with E-state index < -0.39 is 11.6 Å². The van der Waals surface area contributed by atoms with Gasteiger partial charge in [0.2, 0.25) is 5.91 Å². The van der Waals surface area contributed by atoms with Gasteiger partial charge >= 0.3 is 0 Å². The Balaban J connectivity index is 1.82. The molecular weight excluding hydrogens is 300 g/mol. The Morgan fingerprint density at radius 3 is 2.65 bits per heavy atom. The number of carbonyl (C=O) groups is 1. The van der Waals surface area contributed by atoms with Crippen molar-refractivity contribution in [1.82, 2.24) is 0 Å². The van der Waals surface area contributed by atoms with Gasteiger partial charge in [-0.05, 0) is 23.8 Å². The summed E-state index contributed by atoms with van der Waals surface area (Å²) in [4.78, 5) is 11.7. The normalized spacial score (nSPS) is 16.2. The van der Waals surface area contributed by atoms with Crippen LogP contribution in [0.25, 0.3) is 0 Å². The van der Waals surface area contributed by atoms with Crippen LogP contribution in [0.5, 0.6) is 0 Å². The molecule has 3 rings (SSSR count). The lowest BCUT2D eigenvalue weighted by Crippen LogP contribution is -2.27. The summed E-state index contributed by atoms with van der Waals surface area (Å²) in [5.74, 6) is -1.96. The number of nitriles is 1. The van der Waals surface area contributed by atoms with Crippen molar-refractivity contribution in [3.63, 3.8) is 0 Å². The first-order chi connectivity index (χ1) is 11.1. The maximum absolute atomic E-state index is 13.9. The summed E-state index contributed by atoms with van der Waals surface area (Å²) in [5, 5.41) is 14.2. The molecule has 1 atom stereocenters. The van der Waals surface area contributed by atoms with E-state index in [9.17, 15) is 13.6 Å². The van der Waals surface area contributed by atoms with Crippen LogP contribution in [0.15, 0.2) is 36.4 Å². The Kier molecular flexibility index (Phi) is 3.94. The highest BCUT2D eigenvalue weighted by Crippen LogP contribution is 2.32. The average molecular weight is 313 g/mol. The first-order valence-electron chi connectivity index (χ1n) is 7.10. The molecule has 2 aromatic carbocycles. The van der Waals surface area contributed by atoms with Crippen LogP contribution >= 0.6 is 0 Å². The van der Waals surface area contributed by atoms with Crippen molar-refractivity contribution >= 4 is 17.3 Å². The number of fused-ring (bicyclic) bond motifs is 1. The summed E-state index contributed by atoms with van der Waals surface area (Å²) in [5.41, 5.74) is 1.28. The Bertz CT molecular complexity index is 791. The Morgan fingerprint density at radius 1 is 1.26 bits per heavy atom. The fourth-order valence-corrected chi connectivity index (χ4v) is 2.72. The smallest absolute Gasteiger partial charge is 0.225 e. The Labute approximate surface area is 131 Å². The molecule has 1 aliphatic heterocycles. The first kappa shape index (κ1) is 15.0. The topological polar surface area (TPSA) is 64.9 Å². The molecule has 0 fully saturated rings. The number of nitrogens with zero attached hydrogens (tertiary/aromatic N) is 1. The molecule has 0 aliphatic carbocycles. The molecule has 1 unspecified atom stereocenters. The summed E-state index contributed by atoms with van der Waals surface area (Å²) >= 11 is 0. The van der Waals surface area contributed by atoms with Crippen molar-refractivity contribution in [2.75, 3.05) is 17.2 Å². The number of anilines is 2.